The monoisotopic (exact) mass is 194 g/mol. The van der Waals surface area contributed by atoms with Crippen LogP contribution in [0.3, 0.4) is 0 Å². The van der Waals surface area contributed by atoms with Gasteiger partial charge in [0, 0.05) is 18.1 Å². The van der Waals surface area contributed by atoms with E-state index in [4.69, 9.17) is 4.74 Å². The lowest BCUT2D eigenvalue weighted by Crippen LogP contribution is -2.11. The average molecular weight is 194 g/mol. The Balaban J connectivity index is 2.52. The van der Waals surface area contributed by atoms with Crippen LogP contribution in [0.5, 0.6) is 0 Å². The predicted octanol–water partition coefficient (Wildman–Crippen LogP) is 1.79. The number of Topliss-reactive ketones (excluding diaryl/α,β-unsaturated/α-hetero) is 1. The van der Waals surface area contributed by atoms with Crippen molar-refractivity contribution < 1.29 is 14.3 Å². The lowest BCUT2D eigenvalue weighted by Gasteiger charge is -2.11. The molecule has 0 saturated heterocycles. The maximum absolute atomic E-state index is 11.3. The summed E-state index contributed by atoms with van der Waals surface area (Å²) >= 11 is 0. The molecule has 0 aromatic heterocycles. The average Bonchev–Trinajstić information content (AvgIpc) is 2.18. The number of esters is 1. The standard InChI is InChI=1S/C11H14O3/c1-2-7-14-11(13)8-9-5-3-4-6-10(9)12/h2,8H,1,3-7H2. The Kier molecular flexibility index (Phi) is 4.11. The van der Waals surface area contributed by atoms with Gasteiger partial charge >= 0.3 is 5.97 Å². The van der Waals surface area contributed by atoms with Gasteiger partial charge in [-0.1, -0.05) is 12.7 Å². The summed E-state index contributed by atoms with van der Waals surface area (Å²) in [6.07, 6.45) is 5.97. The molecule has 0 N–H and O–H groups in total. The van der Waals surface area contributed by atoms with Crippen LogP contribution in [0.15, 0.2) is 24.3 Å². The highest BCUT2D eigenvalue weighted by molar-refractivity contribution is 6.01. The van der Waals surface area contributed by atoms with Crippen LogP contribution in [0.4, 0.5) is 0 Å². The second-order valence-electron chi connectivity index (χ2n) is 3.22. The van der Waals surface area contributed by atoms with Crippen molar-refractivity contribution in [2.24, 2.45) is 0 Å². The minimum absolute atomic E-state index is 0.0757. The van der Waals surface area contributed by atoms with Gasteiger partial charge in [0.25, 0.3) is 0 Å². The number of carbonyl (C=O) groups is 2. The fourth-order valence-electron chi connectivity index (χ4n) is 1.38. The number of allylic oxidation sites excluding steroid dienone is 1. The van der Waals surface area contributed by atoms with E-state index in [0.29, 0.717) is 18.4 Å². The zero-order chi connectivity index (χ0) is 10.4. The SMILES string of the molecule is C=CCOC(=O)C=C1CCCCC1=O. The first-order valence-corrected chi connectivity index (χ1v) is 4.75. The highest BCUT2D eigenvalue weighted by Gasteiger charge is 2.16. The Bertz CT molecular complexity index is 276. The van der Waals surface area contributed by atoms with Crippen LogP contribution >= 0.6 is 0 Å². The predicted molar refractivity (Wildman–Crippen MR) is 52.7 cm³/mol. The van der Waals surface area contributed by atoms with Gasteiger partial charge in [0.15, 0.2) is 5.78 Å². The summed E-state index contributed by atoms with van der Waals surface area (Å²) in [5.41, 5.74) is 0.602. The normalized spacial score (nSPS) is 19.4. The number of ether oxygens (including phenoxy) is 1. The van der Waals surface area contributed by atoms with Crippen molar-refractivity contribution in [3.63, 3.8) is 0 Å². The fourth-order valence-corrected chi connectivity index (χ4v) is 1.38. The zero-order valence-corrected chi connectivity index (χ0v) is 8.12. The molecule has 1 fully saturated rings. The van der Waals surface area contributed by atoms with Gasteiger partial charge in [-0.25, -0.2) is 4.79 Å². The molecule has 0 bridgehead atoms. The van der Waals surface area contributed by atoms with Gasteiger partial charge in [-0.15, -0.1) is 0 Å². The molecule has 0 aromatic rings. The van der Waals surface area contributed by atoms with Gasteiger partial charge in [0.1, 0.15) is 6.61 Å². The summed E-state index contributed by atoms with van der Waals surface area (Å²) in [6, 6.07) is 0. The van der Waals surface area contributed by atoms with Gasteiger partial charge in [-0.05, 0) is 19.3 Å². The number of hydrogen-bond acceptors (Lipinski definition) is 3. The topological polar surface area (TPSA) is 43.4 Å². The fraction of sp³-hybridized carbons (Fsp3) is 0.455. The van der Waals surface area contributed by atoms with E-state index in [9.17, 15) is 9.59 Å². The second kappa shape index (κ2) is 5.37. The Morgan fingerprint density at radius 2 is 2.14 bits per heavy atom. The Hall–Kier alpha value is -1.38. The quantitative estimate of drug-likeness (QED) is 0.391. The molecule has 0 aromatic carbocycles. The van der Waals surface area contributed by atoms with Gasteiger partial charge in [-0.3, -0.25) is 4.79 Å². The second-order valence-corrected chi connectivity index (χ2v) is 3.22. The van der Waals surface area contributed by atoms with Gasteiger partial charge in [-0.2, -0.15) is 0 Å². The number of rotatable bonds is 3. The number of hydrogen-bond donors (Lipinski definition) is 0. The minimum atomic E-state index is -0.449. The van der Waals surface area contributed by atoms with Crippen LogP contribution in [0.1, 0.15) is 25.7 Å². The molecule has 76 valence electrons. The van der Waals surface area contributed by atoms with E-state index in [1.807, 2.05) is 0 Å². The summed E-state index contributed by atoms with van der Waals surface area (Å²) in [4.78, 5) is 22.4. The van der Waals surface area contributed by atoms with Crippen molar-refractivity contribution in [2.45, 2.75) is 25.7 Å². The molecule has 0 radical (unpaired) electrons. The van der Waals surface area contributed by atoms with Gasteiger partial charge in [0.05, 0.1) is 0 Å². The van der Waals surface area contributed by atoms with Crippen molar-refractivity contribution >= 4 is 11.8 Å². The molecule has 0 aliphatic heterocycles. The van der Waals surface area contributed by atoms with Crippen molar-refractivity contribution in [2.75, 3.05) is 6.61 Å². The summed E-state index contributed by atoms with van der Waals surface area (Å²) in [5.74, 6) is -0.373. The first-order valence-electron chi connectivity index (χ1n) is 4.75. The summed E-state index contributed by atoms with van der Waals surface area (Å²) in [5, 5.41) is 0. The Labute approximate surface area is 83.4 Å². The molecular formula is C11H14O3. The Morgan fingerprint density at radius 1 is 1.43 bits per heavy atom. The molecule has 14 heavy (non-hydrogen) atoms. The first-order chi connectivity index (χ1) is 6.74. The third-order valence-electron chi connectivity index (χ3n) is 2.09. The lowest BCUT2D eigenvalue weighted by molar-refractivity contribution is -0.136. The van der Waals surface area contributed by atoms with Crippen LogP contribution in [-0.4, -0.2) is 18.4 Å². The smallest absolute Gasteiger partial charge is 0.331 e. The van der Waals surface area contributed by atoms with Crippen LogP contribution in [0.2, 0.25) is 0 Å². The van der Waals surface area contributed by atoms with Crippen LogP contribution < -0.4 is 0 Å². The van der Waals surface area contributed by atoms with Crippen molar-refractivity contribution in [1.82, 2.24) is 0 Å². The van der Waals surface area contributed by atoms with Crippen LogP contribution in [0, 0.1) is 0 Å². The molecule has 1 aliphatic carbocycles. The summed E-state index contributed by atoms with van der Waals surface area (Å²) < 4.78 is 4.76. The highest BCUT2D eigenvalue weighted by Crippen LogP contribution is 2.19. The molecule has 1 saturated carbocycles. The van der Waals surface area contributed by atoms with E-state index in [2.05, 4.69) is 6.58 Å². The van der Waals surface area contributed by atoms with Crippen LogP contribution in [0.25, 0.3) is 0 Å². The van der Waals surface area contributed by atoms with Gasteiger partial charge < -0.3 is 4.74 Å². The lowest BCUT2D eigenvalue weighted by atomic mass is 9.93. The van der Waals surface area contributed by atoms with E-state index in [-0.39, 0.29) is 12.4 Å². The third-order valence-corrected chi connectivity index (χ3v) is 2.09. The van der Waals surface area contributed by atoms with Crippen LogP contribution in [-0.2, 0) is 14.3 Å². The first kappa shape index (κ1) is 10.7. The maximum Gasteiger partial charge on any atom is 0.331 e. The van der Waals surface area contributed by atoms with E-state index in [1.54, 1.807) is 0 Å². The van der Waals surface area contributed by atoms with Crippen molar-refractivity contribution in [3.8, 4) is 0 Å². The highest BCUT2D eigenvalue weighted by atomic mass is 16.5. The molecule has 0 heterocycles. The maximum atomic E-state index is 11.3. The zero-order valence-electron chi connectivity index (χ0n) is 8.12. The van der Waals surface area contributed by atoms with E-state index in [1.165, 1.54) is 12.2 Å². The van der Waals surface area contributed by atoms with E-state index < -0.39 is 5.97 Å². The van der Waals surface area contributed by atoms with Crippen molar-refractivity contribution in [3.05, 3.63) is 24.3 Å². The van der Waals surface area contributed by atoms with E-state index in [0.717, 1.165) is 12.8 Å². The molecule has 0 amide bonds. The largest absolute Gasteiger partial charge is 0.458 e. The summed E-state index contributed by atoms with van der Waals surface area (Å²) in [7, 11) is 0. The third kappa shape index (κ3) is 3.17. The summed E-state index contributed by atoms with van der Waals surface area (Å²) in [6.45, 7) is 3.62. The molecule has 0 atom stereocenters. The Morgan fingerprint density at radius 3 is 2.79 bits per heavy atom. The molecule has 3 nitrogen and oxygen atoms in total. The van der Waals surface area contributed by atoms with E-state index >= 15 is 0 Å². The molecule has 3 heteroatoms. The molecule has 0 spiro atoms. The van der Waals surface area contributed by atoms with Crippen molar-refractivity contribution in [1.29, 1.82) is 0 Å². The molecule has 1 rings (SSSR count). The number of ketones is 1. The number of carbonyl (C=O) groups excluding carboxylic acids is 2. The molecule has 1 aliphatic rings. The minimum Gasteiger partial charge on any atom is -0.458 e. The molecular weight excluding hydrogens is 180 g/mol. The molecule has 0 unspecified atom stereocenters. The van der Waals surface area contributed by atoms with Gasteiger partial charge in [0.2, 0.25) is 0 Å².